The molecule has 0 amide bonds. The fourth-order valence-electron chi connectivity index (χ4n) is 1.23. The van der Waals surface area contributed by atoms with Crippen LogP contribution in [0.5, 0.6) is 0 Å². The Bertz CT molecular complexity index is 398. The maximum Gasteiger partial charge on any atom is 0.230 e. The minimum absolute atomic E-state index is 0.130. The van der Waals surface area contributed by atoms with Crippen LogP contribution in [-0.4, -0.2) is 10.5 Å². The molecule has 2 nitrogen and oxygen atoms in total. The summed E-state index contributed by atoms with van der Waals surface area (Å²) in [6.45, 7) is 0. The number of carbonyl (C=O) groups excluding carboxylic acids is 1. The van der Waals surface area contributed by atoms with Crippen LogP contribution in [0, 0.1) is 24.2 Å². The molecule has 1 rings (SSSR count). The minimum atomic E-state index is 0.130. The van der Waals surface area contributed by atoms with Gasteiger partial charge in [0.15, 0.2) is 0 Å². The zero-order valence-electron chi connectivity index (χ0n) is 8.57. The smallest absolute Gasteiger partial charge is 0.230 e. The Labute approximate surface area is 90.3 Å². The number of carbonyl (C=O) groups is 1. The molecule has 0 aromatic carbocycles. The number of nitrogens with zero attached hydrogens (tertiary/aromatic N) is 1. The van der Waals surface area contributed by atoms with Crippen molar-refractivity contribution in [2.24, 2.45) is 0 Å². The molecule has 15 heavy (non-hydrogen) atoms. The molecule has 0 radical (unpaired) electrons. The highest BCUT2D eigenvalue weighted by molar-refractivity contribution is 5.78. The molecule has 1 heterocycles. The van der Waals surface area contributed by atoms with Gasteiger partial charge in [-0.25, -0.2) is 0 Å². The lowest BCUT2D eigenvalue weighted by Gasteiger charge is -1.99. The largest absolute Gasteiger partial charge is 0.295 e. The van der Waals surface area contributed by atoms with E-state index in [1.807, 2.05) is 12.1 Å². The van der Waals surface area contributed by atoms with Crippen molar-refractivity contribution in [3.8, 4) is 24.2 Å². The summed E-state index contributed by atoms with van der Waals surface area (Å²) in [7, 11) is 0. The first kappa shape index (κ1) is 11.1. The summed E-state index contributed by atoms with van der Waals surface area (Å²) in [6.07, 6.45) is 11.6. The van der Waals surface area contributed by atoms with Crippen LogP contribution >= 0.6 is 0 Å². The van der Waals surface area contributed by atoms with Crippen molar-refractivity contribution >= 4 is 5.91 Å². The Morgan fingerprint density at radius 1 is 1.27 bits per heavy atom. The van der Waals surface area contributed by atoms with E-state index in [-0.39, 0.29) is 5.91 Å². The summed E-state index contributed by atoms with van der Waals surface area (Å²) in [5.41, 5.74) is 0. The zero-order valence-corrected chi connectivity index (χ0v) is 8.57. The third kappa shape index (κ3) is 4.20. The Kier molecular flexibility index (Phi) is 4.84. The molecule has 0 bridgehead atoms. The van der Waals surface area contributed by atoms with Crippen molar-refractivity contribution in [2.45, 2.75) is 25.7 Å². The minimum Gasteiger partial charge on any atom is -0.295 e. The summed E-state index contributed by atoms with van der Waals surface area (Å²) in [6, 6.07) is 3.69. The highest BCUT2D eigenvalue weighted by atomic mass is 16.1. The number of unbranched alkanes of at least 4 members (excludes halogenated alkanes) is 2. The first-order valence-corrected chi connectivity index (χ1v) is 4.94. The number of terminal acetylenes is 1. The SMILES string of the molecule is C#CC#CCCCCC(=O)n1cccc1. The topological polar surface area (TPSA) is 22.0 Å². The lowest BCUT2D eigenvalue weighted by Crippen LogP contribution is -2.07. The molecular formula is C13H13NO. The van der Waals surface area contributed by atoms with Crippen LogP contribution in [0.3, 0.4) is 0 Å². The molecule has 2 heteroatoms. The Morgan fingerprint density at radius 2 is 2.00 bits per heavy atom. The van der Waals surface area contributed by atoms with Gasteiger partial charge in [0.1, 0.15) is 0 Å². The summed E-state index contributed by atoms with van der Waals surface area (Å²) in [5.74, 6) is 7.78. The lowest BCUT2D eigenvalue weighted by atomic mass is 10.2. The van der Waals surface area contributed by atoms with Crippen molar-refractivity contribution in [3.05, 3.63) is 24.5 Å². The molecule has 0 unspecified atom stereocenters. The molecule has 0 aliphatic carbocycles. The third-order valence-corrected chi connectivity index (χ3v) is 2.00. The van der Waals surface area contributed by atoms with Crippen molar-refractivity contribution in [3.63, 3.8) is 0 Å². The van der Waals surface area contributed by atoms with Gasteiger partial charge in [0.2, 0.25) is 5.91 Å². The average Bonchev–Trinajstić information content (AvgIpc) is 2.76. The van der Waals surface area contributed by atoms with E-state index in [1.54, 1.807) is 17.0 Å². The number of hydrogen-bond donors (Lipinski definition) is 0. The highest BCUT2D eigenvalue weighted by Gasteiger charge is 2.01. The van der Waals surface area contributed by atoms with Gasteiger partial charge in [-0.1, -0.05) is 5.92 Å². The molecule has 0 saturated heterocycles. The van der Waals surface area contributed by atoms with Crippen molar-refractivity contribution in [1.82, 2.24) is 4.57 Å². The predicted octanol–water partition coefficient (Wildman–Crippen LogP) is 2.33. The van der Waals surface area contributed by atoms with Crippen LogP contribution in [-0.2, 0) is 0 Å². The second-order valence-corrected chi connectivity index (χ2v) is 3.14. The Morgan fingerprint density at radius 3 is 2.67 bits per heavy atom. The fourth-order valence-corrected chi connectivity index (χ4v) is 1.23. The molecule has 0 N–H and O–H groups in total. The number of hydrogen-bond acceptors (Lipinski definition) is 1. The van der Waals surface area contributed by atoms with E-state index in [2.05, 4.69) is 17.8 Å². The van der Waals surface area contributed by atoms with Gasteiger partial charge < -0.3 is 0 Å². The van der Waals surface area contributed by atoms with Gasteiger partial charge in [0.25, 0.3) is 0 Å². The first-order valence-electron chi connectivity index (χ1n) is 4.94. The monoisotopic (exact) mass is 199 g/mol. The van der Waals surface area contributed by atoms with Crippen LogP contribution in [0.4, 0.5) is 0 Å². The zero-order chi connectivity index (χ0) is 10.9. The summed E-state index contributed by atoms with van der Waals surface area (Å²) < 4.78 is 1.60. The van der Waals surface area contributed by atoms with Gasteiger partial charge in [-0.2, -0.15) is 0 Å². The molecule has 0 aliphatic heterocycles. The molecule has 0 aliphatic rings. The van der Waals surface area contributed by atoms with Gasteiger partial charge >= 0.3 is 0 Å². The van der Waals surface area contributed by atoms with Crippen LogP contribution in [0.15, 0.2) is 24.5 Å². The second-order valence-electron chi connectivity index (χ2n) is 3.14. The first-order chi connectivity index (χ1) is 7.34. The van der Waals surface area contributed by atoms with Gasteiger partial charge in [0.05, 0.1) is 0 Å². The van der Waals surface area contributed by atoms with Crippen LogP contribution in [0.1, 0.15) is 30.5 Å². The van der Waals surface area contributed by atoms with E-state index in [9.17, 15) is 4.79 Å². The standard InChI is InChI=1S/C13H13NO/c1-2-3-4-5-6-7-10-13(15)14-11-8-9-12-14/h1,8-9,11-12H,5-7,10H2. The summed E-state index contributed by atoms with van der Waals surface area (Å²) in [5, 5.41) is 0. The van der Waals surface area contributed by atoms with Crippen LogP contribution in [0.25, 0.3) is 0 Å². The van der Waals surface area contributed by atoms with E-state index in [4.69, 9.17) is 6.42 Å². The third-order valence-electron chi connectivity index (χ3n) is 2.00. The highest BCUT2D eigenvalue weighted by Crippen LogP contribution is 2.02. The van der Waals surface area contributed by atoms with E-state index in [0.717, 1.165) is 19.3 Å². The molecule has 1 aromatic rings. The molecule has 0 saturated carbocycles. The number of aromatic nitrogens is 1. The van der Waals surface area contributed by atoms with Crippen LogP contribution < -0.4 is 0 Å². The average molecular weight is 199 g/mol. The molecule has 1 aromatic heterocycles. The molecule has 0 fully saturated rings. The Hall–Kier alpha value is -1.93. The van der Waals surface area contributed by atoms with Gasteiger partial charge in [-0.3, -0.25) is 9.36 Å². The van der Waals surface area contributed by atoms with Crippen molar-refractivity contribution < 1.29 is 4.79 Å². The molecular weight excluding hydrogens is 186 g/mol. The van der Waals surface area contributed by atoms with Gasteiger partial charge in [0, 0.05) is 25.2 Å². The summed E-state index contributed by atoms with van der Waals surface area (Å²) in [4.78, 5) is 11.5. The Balaban J connectivity index is 2.16. The molecule has 0 spiro atoms. The summed E-state index contributed by atoms with van der Waals surface area (Å²) >= 11 is 0. The van der Waals surface area contributed by atoms with Gasteiger partial charge in [-0.05, 0) is 36.8 Å². The molecule has 76 valence electrons. The van der Waals surface area contributed by atoms with E-state index in [0.29, 0.717) is 6.42 Å². The van der Waals surface area contributed by atoms with Crippen molar-refractivity contribution in [1.29, 1.82) is 0 Å². The maximum absolute atomic E-state index is 11.5. The fraction of sp³-hybridized carbons (Fsp3) is 0.308. The lowest BCUT2D eigenvalue weighted by molar-refractivity contribution is 0.0900. The van der Waals surface area contributed by atoms with E-state index < -0.39 is 0 Å². The van der Waals surface area contributed by atoms with E-state index >= 15 is 0 Å². The second kappa shape index (κ2) is 6.51. The van der Waals surface area contributed by atoms with Gasteiger partial charge in [-0.15, -0.1) is 6.42 Å². The normalized spacial score (nSPS) is 8.73. The van der Waals surface area contributed by atoms with E-state index in [1.165, 1.54) is 0 Å². The molecule has 0 atom stereocenters. The predicted molar refractivity (Wildman–Crippen MR) is 60.1 cm³/mol. The maximum atomic E-state index is 11.5. The van der Waals surface area contributed by atoms with Crippen molar-refractivity contribution in [2.75, 3.05) is 0 Å². The van der Waals surface area contributed by atoms with Crippen LogP contribution in [0.2, 0.25) is 0 Å². The quantitative estimate of drug-likeness (QED) is 0.539. The number of rotatable bonds is 4.